The number of nitrogens with zero attached hydrogens (tertiary/aromatic N) is 2. The van der Waals surface area contributed by atoms with Gasteiger partial charge in [-0.2, -0.15) is 5.26 Å². The fourth-order valence-electron chi connectivity index (χ4n) is 3.59. The van der Waals surface area contributed by atoms with Crippen molar-refractivity contribution in [3.63, 3.8) is 0 Å². The van der Waals surface area contributed by atoms with Gasteiger partial charge in [0.2, 0.25) is 5.91 Å². The van der Waals surface area contributed by atoms with Crippen LogP contribution < -0.4 is 5.73 Å². The van der Waals surface area contributed by atoms with Crippen molar-refractivity contribution in [2.24, 2.45) is 17.1 Å². The number of nitrogens with two attached hydrogens (primary N) is 1. The molecular weight excluding hydrogens is 245 g/mol. The van der Waals surface area contributed by atoms with Crippen LogP contribution in [0.25, 0.3) is 0 Å². The van der Waals surface area contributed by atoms with Crippen LogP contribution in [0.15, 0.2) is 12.4 Å². The van der Waals surface area contributed by atoms with E-state index in [0.717, 1.165) is 19.3 Å². The van der Waals surface area contributed by atoms with Crippen molar-refractivity contribution in [3.8, 4) is 6.07 Å². The van der Waals surface area contributed by atoms with Gasteiger partial charge in [-0.05, 0) is 31.6 Å². The molecule has 0 aromatic heterocycles. The van der Waals surface area contributed by atoms with E-state index in [-0.39, 0.29) is 18.0 Å². The molecule has 0 bridgehead atoms. The van der Waals surface area contributed by atoms with E-state index in [1.165, 1.54) is 0 Å². The highest BCUT2D eigenvalue weighted by Crippen LogP contribution is 2.52. The third-order valence-electron chi connectivity index (χ3n) is 5.16. The van der Waals surface area contributed by atoms with Crippen LogP contribution in [0.4, 0.5) is 4.39 Å². The minimum absolute atomic E-state index is 0.160. The summed E-state index contributed by atoms with van der Waals surface area (Å²) in [6.45, 7) is 3.37. The Morgan fingerprint density at radius 3 is 2.68 bits per heavy atom. The maximum Gasteiger partial charge on any atom is 0.241 e. The highest BCUT2D eigenvalue weighted by Gasteiger charge is 2.58. The second kappa shape index (κ2) is 4.04. The Labute approximate surface area is 112 Å². The van der Waals surface area contributed by atoms with Crippen LogP contribution in [0, 0.1) is 22.7 Å². The normalized spacial score (nSPS) is 35.8. The van der Waals surface area contributed by atoms with Gasteiger partial charge in [0.1, 0.15) is 11.9 Å². The molecule has 3 rings (SSSR count). The zero-order valence-corrected chi connectivity index (χ0v) is 10.8. The minimum atomic E-state index is -0.894. The molecule has 102 valence electrons. The summed E-state index contributed by atoms with van der Waals surface area (Å²) < 4.78 is 13.7. The zero-order valence-electron chi connectivity index (χ0n) is 10.8. The summed E-state index contributed by atoms with van der Waals surface area (Å²) in [6.07, 6.45) is 3.73. The summed E-state index contributed by atoms with van der Waals surface area (Å²) in [7, 11) is 0. The SMILES string of the molecule is C=C(F)C1([C@H](N)C(=O)N2C(C#N)C[C@@H]3C[C@@H]32)CCC1. The lowest BCUT2D eigenvalue weighted by Gasteiger charge is -2.45. The molecule has 1 unspecified atom stereocenters. The number of likely N-dealkylation sites (tertiary alicyclic amines) is 1. The predicted octanol–water partition coefficient (Wildman–Crippen LogP) is 1.48. The number of rotatable bonds is 3. The molecule has 0 spiro atoms. The Morgan fingerprint density at radius 2 is 2.21 bits per heavy atom. The maximum absolute atomic E-state index is 13.7. The van der Waals surface area contributed by atoms with Gasteiger partial charge in [0, 0.05) is 11.5 Å². The van der Waals surface area contributed by atoms with Gasteiger partial charge in [0.05, 0.1) is 12.1 Å². The summed E-state index contributed by atoms with van der Waals surface area (Å²) >= 11 is 0. The third-order valence-corrected chi connectivity index (χ3v) is 5.16. The van der Waals surface area contributed by atoms with E-state index in [4.69, 9.17) is 11.0 Å². The highest BCUT2D eigenvalue weighted by molar-refractivity contribution is 5.85. The first-order valence-corrected chi connectivity index (χ1v) is 6.83. The van der Waals surface area contributed by atoms with Gasteiger partial charge in [0.25, 0.3) is 0 Å². The molecule has 0 aromatic rings. The van der Waals surface area contributed by atoms with Gasteiger partial charge < -0.3 is 10.6 Å². The fourth-order valence-corrected chi connectivity index (χ4v) is 3.59. The molecule has 4 nitrogen and oxygen atoms in total. The summed E-state index contributed by atoms with van der Waals surface area (Å²) in [5.74, 6) is -0.304. The van der Waals surface area contributed by atoms with Gasteiger partial charge in [-0.1, -0.05) is 13.0 Å². The van der Waals surface area contributed by atoms with E-state index in [0.29, 0.717) is 18.8 Å². The Morgan fingerprint density at radius 1 is 1.53 bits per heavy atom. The van der Waals surface area contributed by atoms with E-state index < -0.39 is 17.3 Å². The molecule has 1 aliphatic heterocycles. The van der Waals surface area contributed by atoms with Crippen molar-refractivity contribution < 1.29 is 9.18 Å². The summed E-state index contributed by atoms with van der Waals surface area (Å²) in [6, 6.07) is 1.04. The number of carbonyl (C=O) groups is 1. The van der Waals surface area contributed by atoms with Gasteiger partial charge in [-0.3, -0.25) is 4.79 Å². The summed E-state index contributed by atoms with van der Waals surface area (Å²) in [4.78, 5) is 14.1. The Hall–Kier alpha value is -1.41. The lowest BCUT2D eigenvalue weighted by molar-refractivity contribution is -0.138. The van der Waals surface area contributed by atoms with Crippen LogP contribution in [-0.4, -0.2) is 28.9 Å². The second-order valence-electron chi connectivity index (χ2n) is 6.08. The molecule has 1 heterocycles. The molecule has 3 aliphatic rings. The molecule has 5 heteroatoms. The van der Waals surface area contributed by atoms with Crippen LogP contribution in [-0.2, 0) is 4.79 Å². The van der Waals surface area contributed by atoms with Crippen LogP contribution in [0.1, 0.15) is 32.1 Å². The zero-order chi connectivity index (χ0) is 13.8. The van der Waals surface area contributed by atoms with E-state index in [1.807, 2.05) is 0 Å². The number of hydrogen-bond acceptors (Lipinski definition) is 3. The molecule has 19 heavy (non-hydrogen) atoms. The highest BCUT2D eigenvalue weighted by atomic mass is 19.1. The van der Waals surface area contributed by atoms with Crippen LogP contribution in [0.5, 0.6) is 0 Å². The molecular formula is C14H18FN3O. The molecule has 2 aliphatic carbocycles. The van der Waals surface area contributed by atoms with Crippen molar-refractivity contribution in [2.75, 3.05) is 0 Å². The van der Waals surface area contributed by atoms with Gasteiger partial charge in [0.15, 0.2) is 0 Å². The molecule has 4 atom stereocenters. The maximum atomic E-state index is 13.7. The third kappa shape index (κ3) is 1.63. The number of amides is 1. The average Bonchev–Trinajstić information content (AvgIpc) is 2.97. The molecule has 0 radical (unpaired) electrons. The van der Waals surface area contributed by atoms with Gasteiger partial charge in [-0.25, -0.2) is 4.39 Å². The predicted molar refractivity (Wildman–Crippen MR) is 67.3 cm³/mol. The van der Waals surface area contributed by atoms with Gasteiger partial charge in [-0.15, -0.1) is 0 Å². The number of fused-ring (bicyclic) bond motifs is 1. The summed E-state index contributed by atoms with van der Waals surface area (Å²) in [5.41, 5.74) is 5.15. The standard InChI is InChI=1S/C14H18FN3O/c1-8(15)14(3-2-4-14)12(17)13(19)18-10(7-16)5-9-6-11(9)18/h9-12H,1-6,17H2/t9-,10?,11+,12-/m1/s1. The number of piperidine rings is 1. The second-order valence-corrected chi connectivity index (χ2v) is 6.08. The minimum Gasteiger partial charge on any atom is -0.322 e. The van der Waals surface area contributed by atoms with Crippen LogP contribution in [0.2, 0.25) is 0 Å². The first-order valence-electron chi connectivity index (χ1n) is 6.83. The number of nitriles is 1. The topological polar surface area (TPSA) is 70.1 Å². The average molecular weight is 263 g/mol. The quantitative estimate of drug-likeness (QED) is 0.838. The number of carbonyl (C=O) groups excluding carboxylic acids is 1. The van der Waals surface area contributed by atoms with Crippen molar-refractivity contribution in [3.05, 3.63) is 12.4 Å². The Balaban J connectivity index is 1.80. The largest absolute Gasteiger partial charge is 0.322 e. The Bertz CT molecular complexity index is 480. The molecule has 3 fully saturated rings. The van der Waals surface area contributed by atoms with E-state index in [2.05, 4.69) is 12.6 Å². The van der Waals surface area contributed by atoms with Crippen molar-refractivity contribution in [1.29, 1.82) is 5.26 Å². The Kier molecular flexibility index (Phi) is 2.68. The lowest BCUT2D eigenvalue weighted by Crippen LogP contribution is -2.57. The monoisotopic (exact) mass is 263 g/mol. The van der Waals surface area contributed by atoms with Crippen molar-refractivity contribution in [2.45, 2.75) is 50.2 Å². The number of hydrogen-bond donors (Lipinski definition) is 1. The van der Waals surface area contributed by atoms with Crippen LogP contribution in [0.3, 0.4) is 0 Å². The van der Waals surface area contributed by atoms with Crippen molar-refractivity contribution in [1.82, 2.24) is 4.90 Å². The summed E-state index contributed by atoms with van der Waals surface area (Å²) in [5, 5.41) is 9.11. The first kappa shape index (κ1) is 12.6. The molecule has 1 saturated heterocycles. The molecule has 2 saturated carbocycles. The van der Waals surface area contributed by atoms with Gasteiger partial charge >= 0.3 is 0 Å². The molecule has 0 aromatic carbocycles. The van der Waals surface area contributed by atoms with Crippen molar-refractivity contribution >= 4 is 5.91 Å². The number of halogens is 1. The molecule has 2 N–H and O–H groups in total. The van der Waals surface area contributed by atoms with Crippen LogP contribution >= 0.6 is 0 Å². The van der Waals surface area contributed by atoms with E-state index in [1.54, 1.807) is 4.90 Å². The smallest absolute Gasteiger partial charge is 0.241 e. The lowest BCUT2D eigenvalue weighted by atomic mass is 9.63. The van der Waals surface area contributed by atoms with E-state index >= 15 is 0 Å². The molecule has 1 amide bonds. The first-order chi connectivity index (χ1) is 9.01. The fraction of sp³-hybridized carbons (Fsp3) is 0.714. The van der Waals surface area contributed by atoms with E-state index in [9.17, 15) is 9.18 Å².